The first-order valence-corrected chi connectivity index (χ1v) is 6.29. The lowest BCUT2D eigenvalue weighted by molar-refractivity contribution is 0.356. The fourth-order valence-electron chi connectivity index (χ4n) is 1.78. The van der Waals surface area contributed by atoms with Gasteiger partial charge in [-0.05, 0) is 37.8 Å². The minimum absolute atomic E-state index is 0.0669. The average Bonchev–Trinajstić information content (AvgIpc) is 2.20. The molecule has 0 heterocycles. The van der Waals surface area contributed by atoms with E-state index in [4.69, 9.17) is 0 Å². The topological polar surface area (TPSA) is 12.0 Å². The van der Waals surface area contributed by atoms with Crippen LogP contribution in [0.5, 0.6) is 0 Å². The molecule has 0 aliphatic rings. The Labute approximate surface area is 104 Å². The van der Waals surface area contributed by atoms with Crippen LogP contribution < -0.4 is 5.32 Å². The van der Waals surface area contributed by atoms with Gasteiger partial charge in [-0.1, -0.05) is 39.0 Å². The highest BCUT2D eigenvalue weighted by Crippen LogP contribution is 2.21. The minimum Gasteiger partial charge on any atom is -0.310 e. The first-order chi connectivity index (χ1) is 7.81. The predicted molar refractivity (Wildman–Crippen MR) is 71.6 cm³/mol. The first-order valence-electron chi connectivity index (χ1n) is 6.29. The molecule has 0 aromatic heterocycles. The molecule has 1 aromatic carbocycles. The molecule has 0 amide bonds. The summed E-state index contributed by atoms with van der Waals surface area (Å²) in [6, 6.07) is 5.64. The molecule has 1 nitrogen and oxygen atoms in total. The molecule has 0 saturated carbocycles. The number of halogens is 1. The molecule has 0 spiro atoms. The SMILES string of the molecule is Cc1cccc(C(C)NCCC(C)(C)C)c1F. The smallest absolute Gasteiger partial charge is 0.130 e. The Morgan fingerprint density at radius 3 is 2.53 bits per heavy atom. The predicted octanol–water partition coefficient (Wildman–Crippen LogP) is 4.22. The molecule has 2 heteroatoms. The maximum atomic E-state index is 13.9. The van der Waals surface area contributed by atoms with Crippen LogP contribution in [0.2, 0.25) is 0 Å². The molecule has 1 N–H and O–H groups in total. The summed E-state index contributed by atoms with van der Waals surface area (Å²) < 4.78 is 13.9. The van der Waals surface area contributed by atoms with E-state index in [1.165, 1.54) is 0 Å². The summed E-state index contributed by atoms with van der Waals surface area (Å²) in [5.74, 6) is -0.0803. The van der Waals surface area contributed by atoms with E-state index in [9.17, 15) is 4.39 Å². The maximum Gasteiger partial charge on any atom is 0.130 e. The van der Waals surface area contributed by atoms with Gasteiger partial charge in [0.05, 0.1) is 0 Å². The number of rotatable bonds is 4. The highest BCUT2D eigenvalue weighted by Gasteiger charge is 2.14. The monoisotopic (exact) mass is 237 g/mol. The summed E-state index contributed by atoms with van der Waals surface area (Å²) >= 11 is 0. The van der Waals surface area contributed by atoms with Gasteiger partial charge in [0.1, 0.15) is 5.82 Å². The van der Waals surface area contributed by atoms with Gasteiger partial charge in [0.2, 0.25) is 0 Å². The van der Waals surface area contributed by atoms with E-state index < -0.39 is 0 Å². The fraction of sp³-hybridized carbons (Fsp3) is 0.600. The standard InChI is InChI=1S/C15H24FN/c1-11-7-6-8-13(14(11)16)12(2)17-10-9-15(3,4)5/h6-8,12,17H,9-10H2,1-5H3. The molecule has 1 atom stereocenters. The van der Waals surface area contributed by atoms with Crippen molar-refractivity contribution in [1.29, 1.82) is 0 Å². The van der Waals surface area contributed by atoms with Crippen LogP contribution in [0.1, 0.15) is 51.3 Å². The third-order valence-electron chi connectivity index (χ3n) is 3.01. The van der Waals surface area contributed by atoms with E-state index in [1.54, 1.807) is 13.0 Å². The lowest BCUT2D eigenvalue weighted by Gasteiger charge is -2.21. The van der Waals surface area contributed by atoms with Gasteiger partial charge in [0.25, 0.3) is 0 Å². The second-order valence-electron chi connectivity index (χ2n) is 5.96. The van der Waals surface area contributed by atoms with Gasteiger partial charge in [-0.15, -0.1) is 0 Å². The number of nitrogens with one attached hydrogen (secondary N) is 1. The molecule has 1 aromatic rings. The highest BCUT2D eigenvalue weighted by atomic mass is 19.1. The zero-order valence-corrected chi connectivity index (χ0v) is 11.6. The molecule has 0 radical (unpaired) electrons. The van der Waals surface area contributed by atoms with E-state index >= 15 is 0 Å². The zero-order chi connectivity index (χ0) is 13.1. The molecular weight excluding hydrogens is 213 g/mol. The van der Waals surface area contributed by atoms with Crippen LogP contribution in [0.3, 0.4) is 0 Å². The molecule has 0 bridgehead atoms. The van der Waals surface area contributed by atoms with Crippen LogP contribution in [0, 0.1) is 18.2 Å². The fourth-order valence-corrected chi connectivity index (χ4v) is 1.78. The first kappa shape index (κ1) is 14.2. The van der Waals surface area contributed by atoms with Gasteiger partial charge in [-0.2, -0.15) is 0 Å². The van der Waals surface area contributed by atoms with E-state index in [0.717, 1.165) is 18.5 Å². The van der Waals surface area contributed by atoms with Crippen LogP contribution >= 0.6 is 0 Å². The van der Waals surface area contributed by atoms with E-state index in [1.807, 2.05) is 19.1 Å². The summed E-state index contributed by atoms with van der Waals surface area (Å²) in [6.07, 6.45) is 1.09. The van der Waals surface area contributed by atoms with Gasteiger partial charge in [-0.25, -0.2) is 4.39 Å². The van der Waals surface area contributed by atoms with E-state index in [0.29, 0.717) is 11.0 Å². The van der Waals surface area contributed by atoms with Crippen molar-refractivity contribution in [2.45, 2.75) is 47.1 Å². The Bertz CT molecular complexity index is 366. The van der Waals surface area contributed by atoms with Crippen molar-refractivity contribution in [3.05, 3.63) is 35.1 Å². The van der Waals surface area contributed by atoms with Crippen molar-refractivity contribution >= 4 is 0 Å². The Balaban J connectivity index is 2.58. The largest absolute Gasteiger partial charge is 0.310 e. The Hall–Kier alpha value is -0.890. The quantitative estimate of drug-likeness (QED) is 0.826. The Kier molecular flexibility index (Phi) is 4.70. The van der Waals surface area contributed by atoms with Crippen molar-refractivity contribution in [2.24, 2.45) is 5.41 Å². The normalized spacial score (nSPS) is 13.8. The summed E-state index contributed by atoms with van der Waals surface area (Å²) in [7, 11) is 0. The summed E-state index contributed by atoms with van der Waals surface area (Å²) in [6.45, 7) is 11.4. The van der Waals surface area contributed by atoms with Crippen molar-refractivity contribution in [1.82, 2.24) is 5.32 Å². The molecule has 17 heavy (non-hydrogen) atoms. The van der Waals surface area contributed by atoms with Gasteiger partial charge in [0, 0.05) is 11.6 Å². The van der Waals surface area contributed by atoms with Crippen LogP contribution in [-0.4, -0.2) is 6.54 Å². The second kappa shape index (κ2) is 5.63. The Morgan fingerprint density at radius 2 is 1.94 bits per heavy atom. The number of aryl methyl sites for hydroxylation is 1. The van der Waals surface area contributed by atoms with E-state index in [2.05, 4.69) is 26.1 Å². The lowest BCUT2D eigenvalue weighted by atomic mass is 9.92. The zero-order valence-electron chi connectivity index (χ0n) is 11.6. The summed E-state index contributed by atoms with van der Waals surface area (Å²) in [4.78, 5) is 0. The third kappa shape index (κ3) is 4.47. The van der Waals surface area contributed by atoms with Crippen molar-refractivity contribution in [3.8, 4) is 0 Å². The summed E-state index contributed by atoms with van der Waals surface area (Å²) in [5.41, 5.74) is 1.79. The van der Waals surface area contributed by atoms with Crippen molar-refractivity contribution in [3.63, 3.8) is 0 Å². The van der Waals surface area contributed by atoms with Gasteiger partial charge in [-0.3, -0.25) is 0 Å². The molecule has 96 valence electrons. The number of benzene rings is 1. The molecule has 0 saturated heterocycles. The van der Waals surface area contributed by atoms with Crippen LogP contribution in [0.4, 0.5) is 4.39 Å². The van der Waals surface area contributed by atoms with Crippen molar-refractivity contribution in [2.75, 3.05) is 6.54 Å². The average molecular weight is 237 g/mol. The maximum absolute atomic E-state index is 13.9. The molecule has 1 rings (SSSR count). The minimum atomic E-state index is -0.0803. The molecule has 0 aliphatic carbocycles. The lowest BCUT2D eigenvalue weighted by Crippen LogP contribution is -2.24. The Morgan fingerprint density at radius 1 is 1.29 bits per heavy atom. The summed E-state index contributed by atoms with van der Waals surface area (Å²) in [5, 5.41) is 3.38. The van der Waals surface area contributed by atoms with Gasteiger partial charge >= 0.3 is 0 Å². The molecule has 0 aliphatic heterocycles. The van der Waals surface area contributed by atoms with Crippen LogP contribution in [0.15, 0.2) is 18.2 Å². The highest BCUT2D eigenvalue weighted by molar-refractivity contribution is 5.27. The third-order valence-corrected chi connectivity index (χ3v) is 3.01. The van der Waals surface area contributed by atoms with Crippen LogP contribution in [-0.2, 0) is 0 Å². The second-order valence-corrected chi connectivity index (χ2v) is 5.96. The van der Waals surface area contributed by atoms with E-state index in [-0.39, 0.29) is 11.9 Å². The molecule has 1 unspecified atom stereocenters. The van der Waals surface area contributed by atoms with Crippen molar-refractivity contribution < 1.29 is 4.39 Å². The molecule has 0 fully saturated rings. The van der Waals surface area contributed by atoms with Gasteiger partial charge in [0.15, 0.2) is 0 Å². The van der Waals surface area contributed by atoms with Crippen LogP contribution in [0.25, 0.3) is 0 Å². The number of hydrogen-bond donors (Lipinski definition) is 1. The van der Waals surface area contributed by atoms with Gasteiger partial charge < -0.3 is 5.32 Å². The number of hydrogen-bond acceptors (Lipinski definition) is 1. The molecular formula is C15H24FN.